The molecule has 1 aliphatic heterocycles. The molecule has 0 radical (unpaired) electrons. The van der Waals surface area contributed by atoms with Crippen molar-refractivity contribution in [1.29, 1.82) is 0 Å². The van der Waals surface area contributed by atoms with Crippen molar-refractivity contribution in [2.45, 2.75) is 13.0 Å². The van der Waals surface area contributed by atoms with Gasteiger partial charge in [0, 0.05) is 37.5 Å². The lowest BCUT2D eigenvalue weighted by Crippen LogP contribution is -2.49. The Bertz CT molecular complexity index is 1150. The number of benzene rings is 3. The van der Waals surface area contributed by atoms with Crippen LogP contribution in [0.5, 0.6) is 11.5 Å². The lowest BCUT2D eigenvalue weighted by Gasteiger charge is -2.36. The van der Waals surface area contributed by atoms with Crippen LogP contribution in [0.2, 0.25) is 0 Å². The summed E-state index contributed by atoms with van der Waals surface area (Å²) in [7, 11) is 3.13. The zero-order valence-corrected chi connectivity index (χ0v) is 19.3. The van der Waals surface area contributed by atoms with Crippen LogP contribution in [0.4, 0.5) is 26.7 Å². The van der Waals surface area contributed by atoms with Crippen LogP contribution in [0.1, 0.15) is 12.0 Å². The average Bonchev–Trinajstić information content (AvgIpc) is 2.86. The summed E-state index contributed by atoms with van der Waals surface area (Å²) in [5, 5.41) is 5.67. The lowest BCUT2D eigenvalue weighted by molar-refractivity contribution is 0.192. The van der Waals surface area contributed by atoms with Crippen molar-refractivity contribution in [2.75, 3.05) is 42.8 Å². The predicted octanol–water partition coefficient (Wildman–Crippen LogP) is 5.18. The zero-order valence-electron chi connectivity index (χ0n) is 19.3. The average molecular weight is 461 g/mol. The molecule has 0 saturated carbocycles. The number of urea groups is 2. The Balaban J connectivity index is 1.54. The Hall–Kier alpha value is -4.20. The minimum atomic E-state index is -0.437. The Morgan fingerprint density at radius 2 is 1.65 bits per heavy atom. The molecule has 8 heteroatoms. The van der Waals surface area contributed by atoms with E-state index in [2.05, 4.69) is 10.6 Å². The van der Waals surface area contributed by atoms with Gasteiger partial charge in [0.05, 0.1) is 25.6 Å². The summed E-state index contributed by atoms with van der Waals surface area (Å²) in [6, 6.07) is 21.7. The molecule has 1 heterocycles. The standard InChI is InChI=1S/C26H28N4O4/c1-33-21-11-6-10-20(16-21)27-25(31)28-23-17-22(34-2)12-13-24(23)30-15-7-14-29(26(30)32)18-19-8-4-3-5-9-19/h3-6,8-13,16-17H,7,14-15,18H2,1-2H3,(H2,27,28,31). The van der Waals surface area contributed by atoms with Crippen LogP contribution in [0, 0.1) is 0 Å². The van der Waals surface area contributed by atoms with Gasteiger partial charge in [0.25, 0.3) is 0 Å². The van der Waals surface area contributed by atoms with E-state index >= 15 is 0 Å². The third-order valence-electron chi connectivity index (χ3n) is 5.60. The number of carbonyl (C=O) groups excluding carboxylic acids is 2. The molecule has 176 valence electrons. The van der Waals surface area contributed by atoms with Crippen LogP contribution in [-0.2, 0) is 6.54 Å². The van der Waals surface area contributed by atoms with Gasteiger partial charge in [-0.25, -0.2) is 9.59 Å². The maximum absolute atomic E-state index is 13.4. The van der Waals surface area contributed by atoms with E-state index in [1.807, 2.05) is 35.2 Å². The Kier molecular flexibility index (Phi) is 7.17. The van der Waals surface area contributed by atoms with Crippen molar-refractivity contribution in [2.24, 2.45) is 0 Å². The van der Waals surface area contributed by atoms with Crippen LogP contribution in [0.25, 0.3) is 0 Å². The molecular formula is C26H28N4O4. The molecule has 34 heavy (non-hydrogen) atoms. The van der Waals surface area contributed by atoms with Crippen LogP contribution < -0.4 is 25.0 Å². The van der Waals surface area contributed by atoms with Crippen LogP contribution in [0.15, 0.2) is 72.8 Å². The van der Waals surface area contributed by atoms with Gasteiger partial charge in [0.15, 0.2) is 0 Å². The highest BCUT2D eigenvalue weighted by Crippen LogP contribution is 2.33. The Morgan fingerprint density at radius 1 is 0.882 bits per heavy atom. The van der Waals surface area contributed by atoms with Crippen molar-refractivity contribution in [3.05, 3.63) is 78.4 Å². The molecule has 1 aliphatic rings. The first-order chi connectivity index (χ1) is 16.6. The van der Waals surface area contributed by atoms with Gasteiger partial charge < -0.3 is 25.0 Å². The van der Waals surface area contributed by atoms with Gasteiger partial charge in [-0.05, 0) is 36.2 Å². The number of anilines is 3. The molecule has 4 amide bonds. The summed E-state index contributed by atoms with van der Waals surface area (Å²) >= 11 is 0. The predicted molar refractivity (Wildman–Crippen MR) is 133 cm³/mol. The second-order valence-electron chi connectivity index (χ2n) is 7.89. The highest BCUT2D eigenvalue weighted by atomic mass is 16.5. The van der Waals surface area contributed by atoms with E-state index in [1.54, 1.807) is 61.6 Å². The first kappa shape index (κ1) is 23.0. The second-order valence-corrected chi connectivity index (χ2v) is 7.89. The molecule has 0 bridgehead atoms. The number of hydrogen-bond donors (Lipinski definition) is 2. The summed E-state index contributed by atoms with van der Waals surface area (Å²) in [4.78, 5) is 29.7. The SMILES string of the molecule is COc1cccc(NC(=O)Nc2cc(OC)ccc2N2CCCN(Cc3ccccc3)C2=O)c1. The minimum Gasteiger partial charge on any atom is -0.497 e. The maximum atomic E-state index is 13.4. The van der Waals surface area contributed by atoms with Crippen LogP contribution in [-0.4, -0.2) is 44.3 Å². The topological polar surface area (TPSA) is 83.1 Å². The van der Waals surface area contributed by atoms with E-state index < -0.39 is 6.03 Å². The molecule has 8 nitrogen and oxygen atoms in total. The van der Waals surface area contributed by atoms with Gasteiger partial charge in [-0.1, -0.05) is 36.4 Å². The number of hydrogen-bond acceptors (Lipinski definition) is 4. The quantitative estimate of drug-likeness (QED) is 0.509. The van der Waals surface area contributed by atoms with Crippen molar-refractivity contribution < 1.29 is 19.1 Å². The van der Waals surface area contributed by atoms with Gasteiger partial charge in [-0.3, -0.25) is 4.90 Å². The van der Waals surface area contributed by atoms with Crippen molar-refractivity contribution >= 4 is 29.1 Å². The van der Waals surface area contributed by atoms with Crippen molar-refractivity contribution in [3.63, 3.8) is 0 Å². The molecule has 0 unspecified atom stereocenters. The highest BCUT2D eigenvalue weighted by Gasteiger charge is 2.29. The van der Waals surface area contributed by atoms with Gasteiger partial charge in [-0.2, -0.15) is 0 Å². The number of ether oxygens (including phenoxy) is 2. The molecule has 0 spiro atoms. The number of carbonyl (C=O) groups is 2. The fourth-order valence-corrected chi connectivity index (χ4v) is 3.92. The summed E-state index contributed by atoms with van der Waals surface area (Å²) in [6.07, 6.45) is 0.819. The first-order valence-corrected chi connectivity index (χ1v) is 11.1. The largest absolute Gasteiger partial charge is 0.497 e. The molecule has 1 saturated heterocycles. The van der Waals surface area contributed by atoms with E-state index in [-0.39, 0.29) is 6.03 Å². The van der Waals surface area contributed by atoms with Gasteiger partial charge >= 0.3 is 12.1 Å². The first-order valence-electron chi connectivity index (χ1n) is 11.1. The molecular weight excluding hydrogens is 432 g/mol. The smallest absolute Gasteiger partial charge is 0.324 e. The monoisotopic (exact) mass is 460 g/mol. The van der Waals surface area contributed by atoms with E-state index in [9.17, 15) is 9.59 Å². The second kappa shape index (κ2) is 10.6. The fourth-order valence-electron chi connectivity index (χ4n) is 3.92. The lowest BCUT2D eigenvalue weighted by atomic mass is 10.1. The maximum Gasteiger partial charge on any atom is 0.324 e. The molecule has 0 aromatic heterocycles. The molecule has 0 atom stereocenters. The van der Waals surface area contributed by atoms with Gasteiger partial charge in [0.2, 0.25) is 0 Å². The Morgan fingerprint density at radius 3 is 2.41 bits per heavy atom. The normalized spacial score (nSPS) is 13.4. The molecule has 3 aromatic rings. The van der Waals surface area contributed by atoms with Crippen molar-refractivity contribution in [1.82, 2.24) is 4.90 Å². The third kappa shape index (κ3) is 5.40. The number of nitrogens with one attached hydrogen (secondary N) is 2. The summed E-state index contributed by atoms with van der Waals surface area (Å²) in [5.74, 6) is 1.21. The van der Waals surface area contributed by atoms with Gasteiger partial charge in [0.1, 0.15) is 11.5 Å². The van der Waals surface area contributed by atoms with E-state index in [0.29, 0.717) is 48.2 Å². The molecule has 3 aromatic carbocycles. The number of nitrogens with zero attached hydrogens (tertiary/aromatic N) is 2. The number of amides is 4. The molecule has 1 fully saturated rings. The molecule has 2 N–H and O–H groups in total. The molecule has 0 aliphatic carbocycles. The summed E-state index contributed by atoms with van der Waals surface area (Å²) in [5.41, 5.74) is 2.76. The van der Waals surface area contributed by atoms with Crippen molar-refractivity contribution in [3.8, 4) is 11.5 Å². The summed E-state index contributed by atoms with van der Waals surface area (Å²) < 4.78 is 10.6. The van der Waals surface area contributed by atoms with E-state index in [1.165, 1.54) is 0 Å². The van der Waals surface area contributed by atoms with E-state index in [0.717, 1.165) is 12.0 Å². The van der Waals surface area contributed by atoms with E-state index in [4.69, 9.17) is 9.47 Å². The highest BCUT2D eigenvalue weighted by molar-refractivity contribution is 6.05. The fraction of sp³-hybridized carbons (Fsp3) is 0.231. The zero-order chi connectivity index (χ0) is 23.9. The third-order valence-corrected chi connectivity index (χ3v) is 5.60. The molecule has 4 rings (SSSR count). The van der Waals surface area contributed by atoms with Crippen LogP contribution in [0.3, 0.4) is 0 Å². The number of methoxy groups -OCH3 is 2. The van der Waals surface area contributed by atoms with Gasteiger partial charge in [-0.15, -0.1) is 0 Å². The Labute approximate surface area is 199 Å². The van der Waals surface area contributed by atoms with Crippen LogP contribution >= 0.6 is 0 Å². The minimum absolute atomic E-state index is 0.100. The number of rotatable bonds is 7. The summed E-state index contributed by atoms with van der Waals surface area (Å²) in [6.45, 7) is 1.77.